The standard InChI is InChI=1S/C16H21N5O2/c22-14(12-5-2-1-3-6-12)10-18-16(23)15-19-11-21(20-15)13-7-4-8-17-9-13/h1-3,5-6,11,13-14,17,22H,4,7-10H2,(H,18,23)/t13-,14+/m0/s1. The molecule has 1 fully saturated rings. The van der Waals surface area contributed by atoms with Crippen molar-refractivity contribution in [1.82, 2.24) is 25.4 Å². The van der Waals surface area contributed by atoms with Gasteiger partial charge < -0.3 is 15.7 Å². The van der Waals surface area contributed by atoms with Crippen molar-refractivity contribution >= 4 is 5.91 Å². The van der Waals surface area contributed by atoms with Gasteiger partial charge in [-0.05, 0) is 24.9 Å². The van der Waals surface area contributed by atoms with Crippen LogP contribution in [0.2, 0.25) is 0 Å². The molecule has 7 heteroatoms. The highest BCUT2D eigenvalue weighted by molar-refractivity contribution is 5.90. The number of aliphatic hydroxyl groups is 1. The molecule has 0 saturated carbocycles. The smallest absolute Gasteiger partial charge is 0.291 e. The van der Waals surface area contributed by atoms with Crippen molar-refractivity contribution in [3.8, 4) is 0 Å². The predicted octanol–water partition coefficient (Wildman–Crippen LogP) is 0.666. The maximum Gasteiger partial charge on any atom is 0.291 e. The van der Waals surface area contributed by atoms with E-state index in [1.165, 1.54) is 0 Å². The second-order valence-corrected chi connectivity index (χ2v) is 5.68. The predicted molar refractivity (Wildman–Crippen MR) is 84.9 cm³/mol. The van der Waals surface area contributed by atoms with Crippen LogP contribution in [-0.2, 0) is 0 Å². The van der Waals surface area contributed by atoms with Crippen LogP contribution in [0.1, 0.15) is 41.2 Å². The number of carbonyl (C=O) groups excluding carboxylic acids is 1. The Balaban J connectivity index is 1.55. The van der Waals surface area contributed by atoms with Gasteiger partial charge in [-0.2, -0.15) is 0 Å². The number of carbonyl (C=O) groups is 1. The van der Waals surface area contributed by atoms with Crippen molar-refractivity contribution in [3.05, 3.63) is 48.0 Å². The van der Waals surface area contributed by atoms with Gasteiger partial charge in [0.15, 0.2) is 0 Å². The summed E-state index contributed by atoms with van der Waals surface area (Å²) in [6, 6.07) is 9.46. The lowest BCUT2D eigenvalue weighted by Crippen LogP contribution is -2.32. The summed E-state index contributed by atoms with van der Waals surface area (Å²) in [6.07, 6.45) is 2.98. The van der Waals surface area contributed by atoms with Crippen LogP contribution < -0.4 is 10.6 Å². The monoisotopic (exact) mass is 315 g/mol. The molecular formula is C16H21N5O2. The minimum Gasteiger partial charge on any atom is -0.387 e. The maximum atomic E-state index is 12.1. The summed E-state index contributed by atoms with van der Waals surface area (Å²) in [5.74, 6) is -0.238. The average molecular weight is 315 g/mol. The second kappa shape index (κ2) is 7.34. The molecule has 0 unspecified atom stereocenters. The quantitative estimate of drug-likeness (QED) is 0.754. The fraction of sp³-hybridized carbons (Fsp3) is 0.438. The average Bonchev–Trinajstić information content (AvgIpc) is 3.11. The lowest BCUT2D eigenvalue weighted by Gasteiger charge is -2.22. The van der Waals surface area contributed by atoms with E-state index in [4.69, 9.17) is 0 Å². The third-order valence-corrected chi connectivity index (χ3v) is 4.00. The summed E-state index contributed by atoms with van der Waals surface area (Å²) >= 11 is 0. The van der Waals surface area contributed by atoms with Crippen LogP contribution in [0.4, 0.5) is 0 Å². The maximum absolute atomic E-state index is 12.1. The molecule has 0 radical (unpaired) electrons. The normalized spacial score (nSPS) is 19.3. The Bertz CT molecular complexity index is 637. The van der Waals surface area contributed by atoms with Crippen molar-refractivity contribution in [2.24, 2.45) is 0 Å². The Morgan fingerprint density at radius 2 is 2.26 bits per heavy atom. The molecule has 3 N–H and O–H groups in total. The molecule has 1 amide bonds. The number of nitrogens with zero attached hydrogens (tertiary/aromatic N) is 3. The Kier molecular flexibility index (Phi) is 4.99. The number of aliphatic hydroxyl groups excluding tert-OH is 1. The van der Waals surface area contributed by atoms with Crippen molar-refractivity contribution in [2.45, 2.75) is 25.0 Å². The number of nitrogens with one attached hydrogen (secondary N) is 2. The molecule has 1 aromatic carbocycles. The van der Waals surface area contributed by atoms with Crippen molar-refractivity contribution in [1.29, 1.82) is 0 Å². The largest absolute Gasteiger partial charge is 0.387 e. The Morgan fingerprint density at radius 3 is 3.00 bits per heavy atom. The molecule has 0 aliphatic carbocycles. The molecule has 1 saturated heterocycles. The van der Waals surface area contributed by atoms with E-state index in [-0.39, 0.29) is 24.3 Å². The number of rotatable bonds is 5. The number of benzene rings is 1. The topological polar surface area (TPSA) is 92.1 Å². The van der Waals surface area contributed by atoms with E-state index in [1.807, 2.05) is 30.3 Å². The highest BCUT2D eigenvalue weighted by Crippen LogP contribution is 2.15. The molecule has 1 aliphatic heterocycles. The van der Waals surface area contributed by atoms with Gasteiger partial charge in [-0.25, -0.2) is 9.67 Å². The van der Waals surface area contributed by atoms with Crippen molar-refractivity contribution < 1.29 is 9.90 Å². The van der Waals surface area contributed by atoms with Crippen LogP contribution in [0.3, 0.4) is 0 Å². The highest BCUT2D eigenvalue weighted by atomic mass is 16.3. The molecule has 7 nitrogen and oxygen atoms in total. The van der Waals surface area contributed by atoms with Gasteiger partial charge in [0.25, 0.3) is 5.91 Å². The number of amides is 1. The molecule has 2 heterocycles. The summed E-state index contributed by atoms with van der Waals surface area (Å²) in [7, 11) is 0. The number of piperidine rings is 1. The summed E-state index contributed by atoms with van der Waals surface area (Å²) in [5, 5.41) is 20.3. The Labute approximate surface area is 134 Å². The first-order valence-corrected chi connectivity index (χ1v) is 7.87. The summed E-state index contributed by atoms with van der Waals surface area (Å²) in [5.41, 5.74) is 0.763. The third-order valence-electron chi connectivity index (χ3n) is 4.00. The lowest BCUT2D eigenvalue weighted by molar-refractivity contribution is 0.0905. The van der Waals surface area contributed by atoms with Crippen LogP contribution >= 0.6 is 0 Å². The minimum absolute atomic E-state index is 0.127. The third kappa shape index (κ3) is 3.94. The molecule has 122 valence electrons. The first kappa shape index (κ1) is 15.6. The summed E-state index contributed by atoms with van der Waals surface area (Å²) in [6.45, 7) is 2.00. The molecule has 1 aromatic heterocycles. The van der Waals surface area contributed by atoms with Crippen LogP contribution in [0, 0.1) is 0 Å². The van der Waals surface area contributed by atoms with E-state index in [9.17, 15) is 9.90 Å². The zero-order valence-electron chi connectivity index (χ0n) is 12.9. The first-order chi connectivity index (χ1) is 11.2. The van der Waals surface area contributed by atoms with Crippen LogP contribution in [0.15, 0.2) is 36.7 Å². The molecule has 2 aromatic rings. The molecule has 23 heavy (non-hydrogen) atoms. The van der Waals surface area contributed by atoms with Crippen molar-refractivity contribution in [3.63, 3.8) is 0 Å². The summed E-state index contributed by atoms with van der Waals surface area (Å²) < 4.78 is 1.74. The second-order valence-electron chi connectivity index (χ2n) is 5.68. The Morgan fingerprint density at radius 1 is 1.43 bits per heavy atom. The van der Waals surface area contributed by atoms with Gasteiger partial charge in [0.05, 0.1) is 12.1 Å². The van der Waals surface area contributed by atoms with Gasteiger partial charge >= 0.3 is 0 Å². The zero-order valence-corrected chi connectivity index (χ0v) is 12.9. The van der Waals surface area contributed by atoms with E-state index in [1.54, 1.807) is 11.0 Å². The number of aromatic nitrogens is 3. The summed E-state index contributed by atoms with van der Waals surface area (Å²) in [4.78, 5) is 16.2. The molecule has 2 atom stereocenters. The molecule has 1 aliphatic rings. The SMILES string of the molecule is O=C(NC[C@@H](O)c1ccccc1)c1ncn([C@H]2CCCNC2)n1. The molecular weight excluding hydrogens is 294 g/mol. The van der Waals surface area contributed by atoms with Gasteiger partial charge in [0, 0.05) is 13.1 Å². The molecule has 3 rings (SSSR count). The van der Waals surface area contributed by atoms with E-state index in [2.05, 4.69) is 20.7 Å². The number of hydrogen-bond acceptors (Lipinski definition) is 5. The minimum atomic E-state index is -0.746. The fourth-order valence-electron chi connectivity index (χ4n) is 2.68. The van der Waals surface area contributed by atoms with E-state index in [0.29, 0.717) is 0 Å². The molecule has 0 bridgehead atoms. The van der Waals surface area contributed by atoms with Gasteiger partial charge in [0.1, 0.15) is 6.33 Å². The highest BCUT2D eigenvalue weighted by Gasteiger charge is 2.19. The van der Waals surface area contributed by atoms with Crippen LogP contribution in [-0.4, -0.2) is 45.4 Å². The van der Waals surface area contributed by atoms with Gasteiger partial charge in [0.2, 0.25) is 5.82 Å². The van der Waals surface area contributed by atoms with Crippen molar-refractivity contribution in [2.75, 3.05) is 19.6 Å². The van der Waals surface area contributed by atoms with Gasteiger partial charge in [-0.1, -0.05) is 30.3 Å². The van der Waals surface area contributed by atoms with Gasteiger partial charge in [-0.3, -0.25) is 4.79 Å². The number of hydrogen-bond donors (Lipinski definition) is 3. The fourth-order valence-corrected chi connectivity index (χ4v) is 2.68. The van der Waals surface area contributed by atoms with E-state index >= 15 is 0 Å². The Hall–Kier alpha value is -2.25. The van der Waals surface area contributed by atoms with Gasteiger partial charge in [-0.15, -0.1) is 5.10 Å². The lowest BCUT2D eigenvalue weighted by atomic mass is 10.1. The van der Waals surface area contributed by atoms with E-state index < -0.39 is 6.10 Å². The zero-order chi connectivity index (χ0) is 16.1. The molecule has 0 spiro atoms. The van der Waals surface area contributed by atoms with Crippen LogP contribution in [0.5, 0.6) is 0 Å². The van der Waals surface area contributed by atoms with Crippen LogP contribution in [0.25, 0.3) is 0 Å². The first-order valence-electron chi connectivity index (χ1n) is 7.87. The van der Waals surface area contributed by atoms with E-state index in [0.717, 1.165) is 31.5 Å².